The average molecular weight is 333 g/mol. The van der Waals surface area contributed by atoms with Crippen LogP contribution < -0.4 is 5.32 Å². The van der Waals surface area contributed by atoms with Gasteiger partial charge in [-0.2, -0.15) is 0 Å². The van der Waals surface area contributed by atoms with Crippen LogP contribution in [0.2, 0.25) is 0 Å². The monoisotopic (exact) mass is 333 g/mol. The predicted octanol–water partition coefficient (Wildman–Crippen LogP) is 6.32. The largest absolute Gasteiger partial charge is 0.441 e. The van der Waals surface area contributed by atoms with Gasteiger partial charge < -0.3 is 4.74 Å². The lowest BCUT2D eigenvalue weighted by atomic mass is 10.0. The second kappa shape index (κ2) is 8.34. The van der Waals surface area contributed by atoms with E-state index in [9.17, 15) is 4.79 Å². The average Bonchev–Trinajstić information content (AvgIpc) is 2.66. The summed E-state index contributed by atoms with van der Waals surface area (Å²) in [7, 11) is 0. The fourth-order valence-corrected chi connectivity index (χ4v) is 2.95. The fourth-order valence-electron chi connectivity index (χ4n) is 2.95. The van der Waals surface area contributed by atoms with E-state index in [2.05, 4.69) is 12.2 Å². The molecular formula is C22H23NO2. The summed E-state index contributed by atoms with van der Waals surface area (Å²) in [5.41, 5.74) is 1.80. The van der Waals surface area contributed by atoms with Crippen LogP contribution in [0, 0.1) is 0 Å². The van der Waals surface area contributed by atoms with Gasteiger partial charge in [0.25, 0.3) is 0 Å². The van der Waals surface area contributed by atoms with Gasteiger partial charge in [-0.15, -0.1) is 0 Å². The summed E-state index contributed by atoms with van der Waals surface area (Å²) in [6.07, 6.45) is 2.26. The molecule has 0 aliphatic carbocycles. The number of hydrogen-bond donors (Lipinski definition) is 1. The highest BCUT2D eigenvalue weighted by molar-refractivity contribution is 6.00. The van der Waals surface area contributed by atoms with Gasteiger partial charge in [-0.1, -0.05) is 80.1 Å². The third-order valence-electron chi connectivity index (χ3n) is 4.27. The lowest BCUT2D eigenvalue weighted by molar-refractivity contribution is 0.104. The summed E-state index contributed by atoms with van der Waals surface area (Å²) >= 11 is 0. The Hall–Kier alpha value is -2.81. The molecule has 3 nitrogen and oxygen atoms in total. The Kier molecular flexibility index (Phi) is 5.68. The molecule has 1 atom stereocenters. The minimum absolute atomic E-state index is 0.226. The maximum absolute atomic E-state index is 12.5. The van der Waals surface area contributed by atoms with Gasteiger partial charge in [-0.05, 0) is 29.9 Å². The third kappa shape index (κ3) is 4.38. The minimum Gasteiger partial charge on any atom is -0.441 e. The summed E-state index contributed by atoms with van der Waals surface area (Å²) in [4.78, 5) is 12.5. The first-order valence-corrected chi connectivity index (χ1v) is 8.78. The number of benzene rings is 3. The van der Waals surface area contributed by atoms with Crippen LogP contribution >= 0.6 is 0 Å². The van der Waals surface area contributed by atoms with Gasteiger partial charge in [-0.3, -0.25) is 5.32 Å². The Bertz CT molecular complexity index is 824. The first kappa shape index (κ1) is 17.0. The maximum atomic E-state index is 12.5. The zero-order chi connectivity index (χ0) is 17.5. The number of nitrogens with one attached hydrogen (secondary N) is 1. The second-order valence-corrected chi connectivity index (χ2v) is 6.10. The maximum Gasteiger partial charge on any atom is 0.412 e. The molecule has 0 heterocycles. The third-order valence-corrected chi connectivity index (χ3v) is 4.27. The Morgan fingerprint density at radius 2 is 1.68 bits per heavy atom. The van der Waals surface area contributed by atoms with Crippen LogP contribution in [-0.4, -0.2) is 6.09 Å². The Morgan fingerprint density at radius 1 is 0.960 bits per heavy atom. The molecule has 3 aromatic rings. The molecule has 0 bridgehead atoms. The quantitative estimate of drug-likeness (QED) is 0.573. The van der Waals surface area contributed by atoms with E-state index in [-0.39, 0.29) is 6.10 Å². The predicted molar refractivity (Wildman–Crippen MR) is 103 cm³/mol. The van der Waals surface area contributed by atoms with Crippen LogP contribution in [0.1, 0.15) is 37.9 Å². The van der Waals surface area contributed by atoms with Gasteiger partial charge in [0.1, 0.15) is 6.10 Å². The van der Waals surface area contributed by atoms with Crippen LogP contribution in [0.15, 0.2) is 72.8 Å². The van der Waals surface area contributed by atoms with E-state index in [0.717, 1.165) is 41.3 Å². The lowest BCUT2D eigenvalue weighted by Gasteiger charge is -2.19. The molecule has 3 aromatic carbocycles. The highest BCUT2D eigenvalue weighted by Gasteiger charge is 2.16. The smallest absolute Gasteiger partial charge is 0.412 e. The van der Waals surface area contributed by atoms with Crippen LogP contribution in [0.3, 0.4) is 0 Å². The van der Waals surface area contributed by atoms with Crippen molar-refractivity contribution in [3.63, 3.8) is 0 Å². The number of amides is 1. The molecule has 25 heavy (non-hydrogen) atoms. The molecule has 0 radical (unpaired) electrons. The highest BCUT2D eigenvalue weighted by atomic mass is 16.6. The lowest BCUT2D eigenvalue weighted by Crippen LogP contribution is -2.17. The summed E-state index contributed by atoms with van der Waals surface area (Å²) in [5.74, 6) is 0. The van der Waals surface area contributed by atoms with Gasteiger partial charge in [0.2, 0.25) is 0 Å². The van der Waals surface area contributed by atoms with E-state index in [1.54, 1.807) is 0 Å². The molecule has 0 aliphatic heterocycles. The molecule has 0 saturated heterocycles. The molecule has 1 N–H and O–H groups in total. The van der Waals surface area contributed by atoms with E-state index in [1.165, 1.54) is 0 Å². The number of anilines is 1. The summed E-state index contributed by atoms with van der Waals surface area (Å²) in [6.45, 7) is 2.14. The molecule has 0 fully saturated rings. The SMILES string of the molecule is CCCCC(OC(=O)Nc1cccc2ccccc12)c1ccccc1. The van der Waals surface area contributed by atoms with Crippen molar-refractivity contribution in [2.45, 2.75) is 32.3 Å². The summed E-state index contributed by atoms with van der Waals surface area (Å²) in [6, 6.07) is 23.8. The molecule has 1 unspecified atom stereocenters. The Morgan fingerprint density at radius 3 is 2.48 bits per heavy atom. The number of rotatable bonds is 6. The van der Waals surface area contributed by atoms with Crippen molar-refractivity contribution in [3.8, 4) is 0 Å². The second-order valence-electron chi connectivity index (χ2n) is 6.10. The van der Waals surface area contributed by atoms with Crippen molar-refractivity contribution in [3.05, 3.63) is 78.4 Å². The first-order chi connectivity index (χ1) is 12.3. The van der Waals surface area contributed by atoms with Gasteiger partial charge in [0.05, 0.1) is 5.69 Å². The number of ether oxygens (including phenoxy) is 1. The highest BCUT2D eigenvalue weighted by Crippen LogP contribution is 2.26. The van der Waals surface area contributed by atoms with Crippen LogP contribution in [0.5, 0.6) is 0 Å². The van der Waals surface area contributed by atoms with E-state index in [0.29, 0.717) is 0 Å². The van der Waals surface area contributed by atoms with Crippen LogP contribution in [0.4, 0.5) is 10.5 Å². The molecule has 128 valence electrons. The van der Waals surface area contributed by atoms with Gasteiger partial charge in [0, 0.05) is 5.39 Å². The standard InChI is InChI=1S/C22H23NO2/c1-2-3-16-21(18-11-5-4-6-12-18)25-22(24)23-20-15-9-13-17-10-7-8-14-19(17)20/h4-15,21H,2-3,16H2,1H3,(H,23,24). The van der Waals surface area contributed by atoms with Gasteiger partial charge in [0.15, 0.2) is 0 Å². The molecule has 0 aromatic heterocycles. The molecule has 0 aliphatic rings. The van der Waals surface area contributed by atoms with Crippen LogP contribution in [-0.2, 0) is 4.74 Å². The van der Waals surface area contributed by atoms with E-state index in [4.69, 9.17) is 4.74 Å². The zero-order valence-electron chi connectivity index (χ0n) is 14.4. The van der Waals surface area contributed by atoms with Crippen molar-refractivity contribution in [1.29, 1.82) is 0 Å². The molecule has 3 rings (SSSR count). The van der Waals surface area contributed by atoms with Gasteiger partial charge in [-0.25, -0.2) is 4.79 Å². The number of unbranched alkanes of at least 4 members (excludes halogenated alkanes) is 1. The van der Waals surface area contributed by atoms with E-state index >= 15 is 0 Å². The number of carbonyl (C=O) groups excluding carboxylic acids is 1. The minimum atomic E-state index is -0.415. The number of carbonyl (C=O) groups is 1. The molecule has 3 heteroatoms. The van der Waals surface area contributed by atoms with Crippen molar-refractivity contribution in [2.75, 3.05) is 5.32 Å². The molecular weight excluding hydrogens is 310 g/mol. The molecule has 0 spiro atoms. The van der Waals surface area contributed by atoms with E-state index < -0.39 is 6.09 Å². The Balaban J connectivity index is 1.75. The van der Waals surface area contributed by atoms with Crippen molar-refractivity contribution in [1.82, 2.24) is 0 Å². The van der Waals surface area contributed by atoms with E-state index in [1.807, 2.05) is 72.8 Å². The summed E-state index contributed by atoms with van der Waals surface area (Å²) < 4.78 is 5.74. The van der Waals surface area contributed by atoms with Crippen molar-refractivity contribution in [2.24, 2.45) is 0 Å². The number of hydrogen-bond acceptors (Lipinski definition) is 2. The molecule has 0 saturated carbocycles. The van der Waals surface area contributed by atoms with Crippen LogP contribution in [0.25, 0.3) is 10.8 Å². The van der Waals surface area contributed by atoms with Gasteiger partial charge >= 0.3 is 6.09 Å². The summed E-state index contributed by atoms with van der Waals surface area (Å²) in [5, 5.41) is 5.00. The zero-order valence-corrected chi connectivity index (χ0v) is 14.4. The van der Waals surface area contributed by atoms with Crippen molar-refractivity contribution < 1.29 is 9.53 Å². The topological polar surface area (TPSA) is 38.3 Å². The number of fused-ring (bicyclic) bond motifs is 1. The fraction of sp³-hybridized carbons (Fsp3) is 0.227. The molecule has 1 amide bonds. The van der Waals surface area contributed by atoms with Crippen molar-refractivity contribution >= 4 is 22.6 Å². The normalized spacial score (nSPS) is 11.9. The Labute approximate surface area is 148 Å². The first-order valence-electron chi connectivity index (χ1n) is 8.78.